The highest BCUT2D eigenvalue weighted by Gasteiger charge is 2.30. The van der Waals surface area contributed by atoms with Gasteiger partial charge in [0.1, 0.15) is 5.75 Å². The Morgan fingerprint density at radius 2 is 1.71 bits per heavy atom. The van der Waals surface area contributed by atoms with E-state index in [0.29, 0.717) is 5.41 Å². The third-order valence-electron chi connectivity index (χ3n) is 4.83. The molecule has 0 atom stereocenters. The van der Waals surface area contributed by atoms with Gasteiger partial charge in [-0.1, -0.05) is 31.4 Å². The molecule has 21 heavy (non-hydrogen) atoms. The summed E-state index contributed by atoms with van der Waals surface area (Å²) in [7, 11) is 0. The van der Waals surface area contributed by atoms with Gasteiger partial charge in [-0.15, -0.1) is 0 Å². The second-order valence-electron chi connectivity index (χ2n) is 6.91. The molecule has 1 fully saturated rings. The van der Waals surface area contributed by atoms with Gasteiger partial charge in [0.2, 0.25) is 0 Å². The van der Waals surface area contributed by atoms with Gasteiger partial charge in [-0.25, -0.2) is 0 Å². The fourth-order valence-corrected chi connectivity index (χ4v) is 3.65. The lowest BCUT2D eigenvalue weighted by molar-refractivity contribution is 0.161. The molecule has 2 N–H and O–H groups in total. The molecule has 1 aromatic rings. The highest BCUT2D eigenvalue weighted by atomic mass is 16.5. The van der Waals surface area contributed by atoms with Crippen LogP contribution in [0.1, 0.15) is 64.4 Å². The molecule has 1 aliphatic rings. The Hall–Kier alpha value is -1.02. The monoisotopic (exact) mass is 289 g/mol. The molecule has 0 bridgehead atoms. The fraction of sp³-hybridized carbons (Fsp3) is 0.684. The minimum atomic E-state index is 0.242. The average molecular weight is 289 g/mol. The van der Waals surface area contributed by atoms with Crippen LogP contribution in [-0.4, -0.2) is 12.6 Å². The van der Waals surface area contributed by atoms with Gasteiger partial charge in [-0.2, -0.15) is 0 Å². The van der Waals surface area contributed by atoms with Crippen LogP contribution in [0.25, 0.3) is 0 Å². The van der Waals surface area contributed by atoms with Crippen LogP contribution in [-0.2, 0) is 6.42 Å². The number of benzene rings is 1. The number of ether oxygens (including phenoxy) is 1. The van der Waals surface area contributed by atoms with Crippen molar-refractivity contribution in [3.63, 3.8) is 0 Å². The van der Waals surface area contributed by atoms with E-state index in [0.717, 1.165) is 12.3 Å². The molecule has 0 spiro atoms. The van der Waals surface area contributed by atoms with Gasteiger partial charge in [0.25, 0.3) is 0 Å². The number of rotatable bonds is 7. The lowest BCUT2D eigenvalue weighted by Crippen LogP contribution is -2.27. The molecule has 1 aliphatic carbocycles. The number of hydrogen-bond donors (Lipinski definition) is 1. The first kappa shape index (κ1) is 16.4. The minimum Gasteiger partial charge on any atom is -0.491 e. The van der Waals surface area contributed by atoms with Crippen LogP contribution in [0.5, 0.6) is 5.75 Å². The zero-order valence-electron chi connectivity index (χ0n) is 13.7. The van der Waals surface area contributed by atoms with E-state index in [-0.39, 0.29) is 6.10 Å². The molecule has 118 valence electrons. The van der Waals surface area contributed by atoms with E-state index in [1.54, 1.807) is 0 Å². The van der Waals surface area contributed by atoms with Crippen molar-refractivity contribution in [3.8, 4) is 5.75 Å². The van der Waals surface area contributed by atoms with Crippen molar-refractivity contribution in [1.82, 2.24) is 0 Å². The van der Waals surface area contributed by atoms with E-state index < -0.39 is 0 Å². The van der Waals surface area contributed by atoms with Gasteiger partial charge in [-0.05, 0) is 75.6 Å². The maximum absolute atomic E-state index is 5.86. The fourth-order valence-electron chi connectivity index (χ4n) is 3.65. The molecule has 0 radical (unpaired) electrons. The van der Waals surface area contributed by atoms with Gasteiger partial charge in [-0.3, -0.25) is 0 Å². The first-order valence-electron chi connectivity index (χ1n) is 8.59. The highest BCUT2D eigenvalue weighted by Crippen LogP contribution is 2.42. The molecule has 1 aromatic carbocycles. The Morgan fingerprint density at radius 3 is 2.29 bits per heavy atom. The third kappa shape index (κ3) is 5.03. The van der Waals surface area contributed by atoms with Crippen LogP contribution in [0.2, 0.25) is 0 Å². The Kier molecular flexibility index (Phi) is 6.10. The van der Waals surface area contributed by atoms with Crippen molar-refractivity contribution in [1.29, 1.82) is 0 Å². The van der Waals surface area contributed by atoms with Crippen molar-refractivity contribution in [2.45, 2.75) is 71.3 Å². The number of nitrogens with two attached hydrogens (primary N) is 1. The molecule has 2 nitrogen and oxygen atoms in total. The largest absolute Gasteiger partial charge is 0.491 e. The van der Waals surface area contributed by atoms with Crippen LogP contribution in [0.4, 0.5) is 0 Å². The van der Waals surface area contributed by atoms with Gasteiger partial charge in [0.05, 0.1) is 6.10 Å². The molecule has 0 saturated heterocycles. The summed E-state index contributed by atoms with van der Waals surface area (Å²) in [6.07, 6.45) is 10.8. The second kappa shape index (κ2) is 7.84. The lowest BCUT2D eigenvalue weighted by atomic mass is 9.68. The molecular formula is C19H31NO. The Bertz CT molecular complexity index is 399. The molecule has 0 unspecified atom stereocenters. The zero-order valence-corrected chi connectivity index (χ0v) is 13.7. The quantitative estimate of drug-likeness (QED) is 0.789. The summed E-state index contributed by atoms with van der Waals surface area (Å²) in [5.74, 6) is 0.975. The number of aryl methyl sites for hydroxylation is 1. The summed E-state index contributed by atoms with van der Waals surface area (Å²) in [5, 5.41) is 0. The minimum absolute atomic E-state index is 0.242. The molecule has 0 heterocycles. The SMILES string of the molecule is CC(C)Oc1ccc(CCC2(CCN)CCCCC2)cc1. The van der Waals surface area contributed by atoms with Gasteiger partial charge in [0.15, 0.2) is 0 Å². The maximum atomic E-state index is 5.86. The molecule has 0 aliphatic heterocycles. The van der Waals surface area contributed by atoms with Crippen LogP contribution < -0.4 is 10.5 Å². The van der Waals surface area contributed by atoms with Gasteiger partial charge < -0.3 is 10.5 Å². The lowest BCUT2D eigenvalue weighted by Gasteiger charge is -2.37. The first-order valence-corrected chi connectivity index (χ1v) is 8.59. The van der Waals surface area contributed by atoms with Crippen molar-refractivity contribution in [2.75, 3.05) is 6.54 Å². The molecule has 1 saturated carbocycles. The smallest absolute Gasteiger partial charge is 0.119 e. The number of hydrogen-bond acceptors (Lipinski definition) is 2. The normalized spacial score (nSPS) is 17.9. The van der Waals surface area contributed by atoms with Crippen molar-refractivity contribution >= 4 is 0 Å². The highest BCUT2D eigenvalue weighted by molar-refractivity contribution is 5.27. The predicted octanol–water partition coefficient (Wildman–Crippen LogP) is 4.71. The first-order chi connectivity index (χ1) is 10.1. The van der Waals surface area contributed by atoms with E-state index in [2.05, 4.69) is 38.1 Å². The van der Waals surface area contributed by atoms with Crippen LogP contribution in [0, 0.1) is 5.41 Å². The molecule has 2 heteroatoms. The summed E-state index contributed by atoms with van der Waals surface area (Å²) < 4.78 is 5.71. The predicted molar refractivity (Wildman–Crippen MR) is 89.7 cm³/mol. The average Bonchev–Trinajstić information content (AvgIpc) is 2.47. The second-order valence-corrected chi connectivity index (χ2v) is 6.91. The summed E-state index contributed by atoms with van der Waals surface area (Å²) in [5.41, 5.74) is 7.80. The van der Waals surface area contributed by atoms with E-state index in [1.807, 2.05) is 0 Å². The Morgan fingerprint density at radius 1 is 1.05 bits per heavy atom. The van der Waals surface area contributed by atoms with Gasteiger partial charge >= 0.3 is 0 Å². The van der Waals surface area contributed by atoms with Crippen molar-refractivity contribution in [3.05, 3.63) is 29.8 Å². The molecule has 0 amide bonds. The van der Waals surface area contributed by atoms with Crippen LogP contribution in [0.15, 0.2) is 24.3 Å². The summed E-state index contributed by atoms with van der Waals surface area (Å²) in [6.45, 7) is 4.96. The zero-order chi connectivity index (χ0) is 15.1. The summed E-state index contributed by atoms with van der Waals surface area (Å²) >= 11 is 0. The molecule has 0 aromatic heterocycles. The van der Waals surface area contributed by atoms with Crippen LogP contribution >= 0.6 is 0 Å². The summed E-state index contributed by atoms with van der Waals surface area (Å²) in [6, 6.07) is 8.64. The van der Waals surface area contributed by atoms with E-state index in [4.69, 9.17) is 10.5 Å². The molecule has 2 rings (SSSR count). The van der Waals surface area contributed by atoms with Gasteiger partial charge in [0, 0.05) is 0 Å². The van der Waals surface area contributed by atoms with Crippen molar-refractivity contribution < 1.29 is 4.74 Å². The maximum Gasteiger partial charge on any atom is 0.119 e. The Balaban J connectivity index is 1.91. The Labute approximate surface area is 130 Å². The van der Waals surface area contributed by atoms with Crippen molar-refractivity contribution in [2.24, 2.45) is 11.1 Å². The van der Waals surface area contributed by atoms with E-state index >= 15 is 0 Å². The standard InChI is InChI=1S/C19H31NO/c1-16(2)21-18-8-6-17(7-9-18)10-13-19(14-15-20)11-4-3-5-12-19/h6-9,16H,3-5,10-15,20H2,1-2H3. The topological polar surface area (TPSA) is 35.2 Å². The molecular weight excluding hydrogens is 258 g/mol. The van der Waals surface area contributed by atoms with E-state index in [9.17, 15) is 0 Å². The third-order valence-corrected chi connectivity index (χ3v) is 4.83. The van der Waals surface area contributed by atoms with E-state index in [1.165, 1.54) is 56.9 Å². The summed E-state index contributed by atoms with van der Waals surface area (Å²) in [4.78, 5) is 0. The van der Waals surface area contributed by atoms with Crippen LogP contribution in [0.3, 0.4) is 0 Å².